The third-order valence-electron chi connectivity index (χ3n) is 6.49. The van der Waals surface area contributed by atoms with Crippen molar-refractivity contribution in [1.82, 2.24) is 14.9 Å². The topological polar surface area (TPSA) is 64.5 Å². The van der Waals surface area contributed by atoms with Crippen LogP contribution in [0, 0.1) is 0 Å². The monoisotopic (exact) mass is 373 g/mol. The summed E-state index contributed by atoms with van der Waals surface area (Å²) in [5.41, 5.74) is 0. The van der Waals surface area contributed by atoms with Crippen LogP contribution < -0.4 is 10.2 Å². The second-order valence-corrected chi connectivity index (χ2v) is 8.59. The van der Waals surface area contributed by atoms with Crippen LogP contribution in [0.1, 0.15) is 64.2 Å². The van der Waals surface area contributed by atoms with E-state index in [-0.39, 0.29) is 6.10 Å². The molecule has 4 rings (SSSR count). The summed E-state index contributed by atoms with van der Waals surface area (Å²) in [5.74, 6) is 1.84. The van der Waals surface area contributed by atoms with Crippen LogP contribution in [-0.4, -0.2) is 64.3 Å². The van der Waals surface area contributed by atoms with Crippen molar-refractivity contribution in [3.8, 4) is 0 Å². The molecule has 3 heterocycles. The molecule has 6 heteroatoms. The van der Waals surface area contributed by atoms with Crippen LogP contribution in [0.2, 0.25) is 0 Å². The van der Waals surface area contributed by atoms with Gasteiger partial charge in [0.2, 0.25) is 5.95 Å². The van der Waals surface area contributed by atoms with Crippen molar-refractivity contribution in [1.29, 1.82) is 0 Å². The maximum atomic E-state index is 10.0. The molecule has 3 atom stereocenters. The van der Waals surface area contributed by atoms with Crippen molar-refractivity contribution in [2.75, 3.05) is 36.4 Å². The van der Waals surface area contributed by atoms with Gasteiger partial charge in [0.1, 0.15) is 5.82 Å². The van der Waals surface area contributed by atoms with Crippen LogP contribution in [-0.2, 0) is 0 Å². The molecule has 6 nitrogen and oxygen atoms in total. The standard InChI is InChI=1S/C21H35N5O/c27-19-9-5-8-18(15-19)26-14-6-7-17(16-26)23-21-22-11-10-20(24-21)25-12-3-1-2-4-13-25/h10-11,17-19,27H,1-9,12-16H2,(H,22,23,24)/t17?,18-,19?/m0/s1. The maximum absolute atomic E-state index is 10.0. The summed E-state index contributed by atoms with van der Waals surface area (Å²) >= 11 is 0. The van der Waals surface area contributed by atoms with Gasteiger partial charge in [0.25, 0.3) is 0 Å². The molecular formula is C21H35N5O. The van der Waals surface area contributed by atoms with E-state index in [1.54, 1.807) is 0 Å². The van der Waals surface area contributed by atoms with E-state index in [4.69, 9.17) is 4.98 Å². The Bertz CT molecular complexity index is 590. The Balaban J connectivity index is 1.36. The van der Waals surface area contributed by atoms with Crippen LogP contribution in [0.25, 0.3) is 0 Å². The quantitative estimate of drug-likeness (QED) is 0.846. The maximum Gasteiger partial charge on any atom is 0.224 e. The van der Waals surface area contributed by atoms with Gasteiger partial charge in [0.05, 0.1) is 6.10 Å². The first kappa shape index (κ1) is 18.9. The Morgan fingerprint density at radius 3 is 2.63 bits per heavy atom. The van der Waals surface area contributed by atoms with Crippen molar-refractivity contribution < 1.29 is 5.11 Å². The third-order valence-corrected chi connectivity index (χ3v) is 6.49. The fourth-order valence-electron chi connectivity index (χ4n) is 5.00. The number of anilines is 2. The molecule has 150 valence electrons. The van der Waals surface area contributed by atoms with Gasteiger partial charge in [-0.3, -0.25) is 4.90 Å². The highest BCUT2D eigenvalue weighted by Gasteiger charge is 2.29. The molecule has 1 aromatic rings. The molecule has 0 radical (unpaired) electrons. The zero-order chi connectivity index (χ0) is 18.5. The van der Waals surface area contributed by atoms with E-state index in [0.717, 1.165) is 57.2 Å². The molecule has 1 saturated carbocycles. The summed E-state index contributed by atoms with van der Waals surface area (Å²) in [7, 11) is 0. The van der Waals surface area contributed by atoms with Gasteiger partial charge < -0.3 is 15.3 Å². The lowest BCUT2D eigenvalue weighted by atomic mass is 9.90. The number of nitrogens with zero attached hydrogens (tertiary/aromatic N) is 4. The Morgan fingerprint density at radius 1 is 0.963 bits per heavy atom. The molecule has 2 saturated heterocycles. The number of hydrogen-bond acceptors (Lipinski definition) is 6. The zero-order valence-corrected chi connectivity index (χ0v) is 16.5. The fraction of sp³-hybridized carbons (Fsp3) is 0.810. The molecule has 0 spiro atoms. The van der Waals surface area contributed by atoms with Crippen molar-refractivity contribution in [2.45, 2.75) is 82.4 Å². The van der Waals surface area contributed by atoms with Crippen LogP contribution in [0.3, 0.4) is 0 Å². The highest BCUT2D eigenvalue weighted by molar-refractivity contribution is 5.43. The SMILES string of the molecule is OC1CCC[C@H](N2CCCC(Nc3nccc(N4CCCCCC4)n3)C2)C1. The molecule has 3 fully saturated rings. The molecule has 3 aliphatic rings. The highest BCUT2D eigenvalue weighted by atomic mass is 16.3. The van der Waals surface area contributed by atoms with Gasteiger partial charge in [0, 0.05) is 37.9 Å². The van der Waals surface area contributed by atoms with Crippen LogP contribution in [0.4, 0.5) is 11.8 Å². The van der Waals surface area contributed by atoms with E-state index in [1.165, 1.54) is 44.9 Å². The predicted molar refractivity (Wildman–Crippen MR) is 109 cm³/mol. The number of rotatable bonds is 4. The molecule has 2 unspecified atom stereocenters. The van der Waals surface area contributed by atoms with Crippen molar-refractivity contribution >= 4 is 11.8 Å². The summed E-state index contributed by atoms with van der Waals surface area (Å²) < 4.78 is 0. The molecule has 2 N–H and O–H groups in total. The van der Waals surface area contributed by atoms with Crippen LogP contribution in [0.5, 0.6) is 0 Å². The molecule has 27 heavy (non-hydrogen) atoms. The van der Waals surface area contributed by atoms with Crippen LogP contribution >= 0.6 is 0 Å². The van der Waals surface area contributed by atoms with Gasteiger partial charge in [-0.25, -0.2) is 4.98 Å². The van der Waals surface area contributed by atoms with Gasteiger partial charge in [-0.2, -0.15) is 4.98 Å². The van der Waals surface area contributed by atoms with Gasteiger partial charge in [-0.15, -0.1) is 0 Å². The Hall–Kier alpha value is -1.40. The summed E-state index contributed by atoms with van der Waals surface area (Å²) in [6, 6.07) is 2.99. The molecule has 2 aliphatic heterocycles. The lowest BCUT2D eigenvalue weighted by molar-refractivity contribution is 0.0505. The molecule has 0 bridgehead atoms. The van der Waals surface area contributed by atoms with Gasteiger partial charge in [-0.05, 0) is 64.0 Å². The number of aliphatic hydroxyl groups excluding tert-OH is 1. The summed E-state index contributed by atoms with van der Waals surface area (Å²) in [6.07, 6.45) is 13.7. The largest absolute Gasteiger partial charge is 0.393 e. The lowest BCUT2D eigenvalue weighted by Crippen LogP contribution is -2.49. The molecular weight excluding hydrogens is 338 g/mol. The predicted octanol–water partition coefficient (Wildman–Crippen LogP) is 3.04. The Kier molecular flexibility index (Phi) is 6.45. The van der Waals surface area contributed by atoms with Crippen molar-refractivity contribution in [3.63, 3.8) is 0 Å². The van der Waals surface area contributed by atoms with Gasteiger partial charge in [-0.1, -0.05) is 12.8 Å². The average Bonchev–Trinajstić information content (AvgIpc) is 2.98. The minimum absolute atomic E-state index is 0.106. The number of nitrogens with one attached hydrogen (secondary N) is 1. The number of aromatic nitrogens is 2. The zero-order valence-electron chi connectivity index (χ0n) is 16.5. The Labute approximate surface area is 163 Å². The summed E-state index contributed by atoms with van der Waals surface area (Å²) in [6.45, 7) is 4.41. The minimum Gasteiger partial charge on any atom is -0.393 e. The van der Waals surface area contributed by atoms with Gasteiger partial charge >= 0.3 is 0 Å². The van der Waals surface area contributed by atoms with E-state index in [9.17, 15) is 5.11 Å². The number of likely N-dealkylation sites (tertiary alicyclic amines) is 1. The smallest absolute Gasteiger partial charge is 0.224 e. The van der Waals surface area contributed by atoms with E-state index in [0.29, 0.717) is 12.1 Å². The van der Waals surface area contributed by atoms with E-state index in [2.05, 4.69) is 20.1 Å². The normalized spacial score (nSPS) is 30.7. The van der Waals surface area contributed by atoms with Crippen LogP contribution in [0.15, 0.2) is 12.3 Å². The highest BCUT2D eigenvalue weighted by Crippen LogP contribution is 2.26. The average molecular weight is 374 g/mol. The first-order chi connectivity index (χ1) is 13.3. The number of hydrogen-bond donors (Lipinski definition) is 2. The molecule has 1 aromatic heterocycles. The first-order valence-corrected chi connectivity index (χ1v) is 11.0. The second-order valence-electron chi connectivity index (χ2n) is 8.59. The first-order valence-electron chi connectivity index (χ1n) is 11.0. The molecule has 0 amide bonds. The minimum atomic E-state index is -0.106. The van der Waals surface area contributed by atoms with Crippen molar-refractivity contribution in [2.24, 2.45) is 0 Å². The molecule has 1 aliphatic carbocycles. The second kappa shape index (κ2) is 9.20. The van der Waals surface area contributed by atoms with Crippen molar-refractivity contribution in [3.05, 3.63) is 12.3 Å². The molecule has 0 aromatic carbocycles. The lowest BCUT2D eigenvalue weighted by Gasteiger charge is -2.41. The van der Waals surface area contributed by atoms with E-state index in [1.807, 2.05) is 12.3 Å². The summed E-state index contributed by atoms with van der Waals surface area (Å²) in [5, 5.41) is 13.6. The fourth-order valence-corrected chi connectivity index (χ4v) is 5.00. The van der Waals surface area contributed by atoms with E-state index >= 15 is 0 Å². The summed E-state index contributed by atoms with van der Waals surface area (Å²) in [4.78, 5) is 14.3. The number of aliphatic hydroxyl groups is 1. The third kappa shape index (κ3) is 5.11. The van der Waals surface area contributed by atoms with Gasteiger partial charge in [0.15, 0.2) is 0 Å². The van der Waals surface area contributed by atoms with E-state index < -0.39 is 0 Å². The number of piperidine rings is 1. The Morgan fingerprint density at radius 2 is 1.81 bits per heavy atom.